The van der Waals surface area contributed by atoms with Gasteiger partial charge in [0.05, 0.1) is 20.6 Å². The lowest BCUT2D eigenvalue weighted by atomic mass is 10.1. The predicted octanol–water partition coefficient (Wildman–Crippen LogP) is 3.43. The number of benzene rings is 2. The van der Waals surface area contributed by atoms with Crippen LogP contribution in [-0.2, 0) is 9.59 Å². The number of carbonyl (C=O) groups is 4. The third kappa shape index (κ3) is 5.44. The van der Waals surface area contributed by atoms with Crippen molar-refractivity contribution in [2.75, 3.05) is 13.2 Å². The summed E-state index contributed by atoms with van der Waals surface area (Å²) >= 11 is 2.72. The minimum atomic E-state index is -0.777. The summed E-state index contributed by atoms with van der Waals surface area (Å²) < 4.78 is 11.8. The lowest BCUT2D eigenvalue weighted by Gasteiger charge is -2.14. The molecule has 160 valence electrons. The molecule has 2 aromatic rings. The van der Waals surface area contributed by atoms with Gasteiger partial charge in [0.15, 0.2) is 11.5 Å². The molecule has 0 atom stereocenters. The minimum absolute atomic E-state index is 0.151. The van der Waals surface area contributed by atoms with Gasteiger partial charge in [-0.05, 0) is 77.2 Å². The first-order chi connectivity index (χ1) is 14.8. The first kappa shape index (κ1) is 22.8. The number of nitrogens with zero attached hydrogens (tertiary/aromatic N) is 1. The van der Waals surface area contributed by atoms with Crippen LogP contribution in [-0.4, -0.2) is 41.1 Å². The maximum absolute atomic E-state index is 12.5. The highest BCUT2D eigenvalue weighted by atomic mass is 127. The maximum atomic E-state index is 12.5. The van der Waals surface area contributed by atoms with Crippen LogP contribution in [0.25, 0.3) is 6.08 Å². The molecule has 31 heavy (non-hydrogen) atoms. The van der Waals surface area contributed by atoms with Crippen molar-refractivity contribution in [1.29, 1.82) is 0 Å². The Balaban J connectivity index is 1.91. The number of thioether (sulfide) groups is 1. The fraction of sp³-hybridized carbons (Fsp3) is 0.143. The number of primary amides is 1. The molecule has 2 N–H and O–H groups in total. The number of hydrogen-bond acceptors (Lipinski definition) is 7. The topological polar surface area (TPSA) is 116 Å². The van der Waals surface area contributed by atoms with Gasteiger partial charge in [-0.2, -0.15) is 0 Å². The third-order valence-corrected chi connectivity index (χ3v) is 5.73. The molecule has 10 heteroatoms. The summed E-state index contributed by atoms with van der Waals surface area (Å²) in [6, 6.07) is 11.9. The van der Waals surface area contributed by atoms with E-state index in [1.807, 2.05) is 22.6 Å². The molecule has 1 aliphatic rings. The van der Waals surface area contributed by atoms with Crippen molar-refractivity contribution in [1.82, 2.24) is 4.90 Å². The van der Waals surface area contributed by atoms with Gasteiger partial charge in [-0.3, -0.25) is 19.3 Å². The highest BCUT2D eigenvalue weighted by molar-refractivity contribution is 14.1. The Hall–Kier alpha value is -2.86. The number of esters is 1. The van der Waals surface area contributed by atoms with Crippen molar-refractivity contribution in [3.8, 4) is 11.5 Å². The molecule has 3 rings (SSSR count). The fourth-order valence-electron chi connectivity index (χ4n) is 2.70. The van der Waals surface area contributed by atoms with E-state index in [2.05, 4.69) is 0 Å². The molecule has 3 amide bonds. The fourth-order valence-corrected chi connectivity index (χ4v) is 4.28. The summed E-state index contributed by atoms with van der Waals surface area (Å²) in [5.74, 6) is -1.32. The van der Waals surface area contributed by atoms with E-state index in [4.69, 9.17) is 15.2 Å². The number of imide groups is 1. The summed E-state index contributed by atoms with van der Waals surface area (Å²) in [4.78, 5) is 48.9. The second-order valence-corrected chi connectivity index (χ2v) is 8.41. The molecule has 1 aliphatic heterocycles. The van der Waals surface area contributed by atoms with Crippen molar-refractivity contribution in [3.05, 3.63) is 62.1 Å². The van der Waals surface area contributed by atoms with Gasteiger partial charge >= 0.3 is 5.97 Å². The quantitative estimate of drug-likeness (QED) is 0.242. The van der Waals surface area contributed by atoms with E-state index in [1.165, 1.54) is 6.08 Å². The van der Waals surface area contributed by atoms with Crippen LogP contribution < -0.4 is 15.2 Å². The zero-order chi connectivity index (χ0) is 22.5. The van der Waals surface area contributed by atoms with Crippen LogP contribution in [0.15, 0.2) is 47.4 Å². The molecule has 0 spiro atoms. The SMILES string of the molecule is CCOc1cc(/C=C2\SC(=O)N(CC(N)=O)C2=O)cc(I)c1OC(=O)c1ccccc1. The Morgan fingerprint density at radius 1 is 1.19 bits per heavy atom. The largest absolute Gasteiger partial charge is 0.490 e. The smallest absolute Gasteiger partial charge is 0.343 e. The molecule has 0 saturated carbocycles. The van der Waals surface area contributed by atoms with E-state index in [-0.39, 0.29) is 10.7 Å². The zero-order valence-corrected chi connectivity index (χ0v) is 19.3. The van der Waals surface area contributed by atoms with Gasteiger partial charge < -0.3 is 15.2 Å². The van der Waals surface area contributed by atoms with Gasteiger partial charge in [-0.1, -0.05) is 18.2 Å². The van der Waals surface area contributed by atoms with Gasteiger partial charge in [-0.15, -0.1) is 0 Å². The number of amides is 3. The molecule has 0 aromatic heterocycles. The van der Waals surface area contributed by atoms with E-state index in [1.54, 1.807) is 49.4 Å². The number of rotatable bonds is 7. The van der Waals surface area contributed by atoms with Gasteiger partial charge in [0.1, 0.15) is 6.54 Å². The monoisotopic (exact) mass is 552 g/mol. The van der Waals surface area contributed by atoms with Crippen LogP contribution in [0.3, 0.4) is 0 Å². The Morgan fingerprint density at radius 3 is 2.55 bits per heavy atom. The summed E-state index contributed by atoms with van der Waals surface area (Å²) in [5, 5.41) is -0.566. The van der Waals surface area contributed by atoms with Gasteiger partial charge in [-0.25, -0.2) is 4.79 Å². The minimum Gasteiger partial charge on any atom is -0.490 e. The lowest BCUT2D eigenvalue weighted by Crippen LogP contribution is -2.36. The molecule has 0 unspecified atom stereocenters. The highest BCUT2D eigenvalue weighted by Gasteiger charge is 2.36. The number of nitrogens with two attached hydrogens (primary N) is 1. The maximum Gasteiger partial charge on any atom is 0.343 e. The van der Waals surface area contributed by atoms with E-state index >= 15 is 0 Å². The molecule has 0 aliphatic carbocycles. The molecular formula is C21H17IN2O6S. The van der Waals surface area contributed by atoms with Crippen LogP contribution >= 0.6 is 34.4 Å². The molecule has 2 aromatic carbocycles. The number of hydrogen-bond donors (Lipinski definition) is 1. The summed E-state index contributed by atoms with van der Waals surface area (Å²) in [7, 11) is 0. The van der Waals surface area contributed by atoms with E-state index < -0.39 is 29.6 Å². The van der Waals surface area contributed by atoms with Crippen LogP contribution in [0.2, 0.25) is 0 Å². The second-order valence-electron chi connectivity index (χ2n) is 6.25. The average molecular weight is 552 g/mol. The molecule has 1 heterocycles. The van der Waals surface area contributed by atoms with Crippen molar-refractivity contribution < 1.29 is 28.7 Å². The van der Waals surface area contributed by atoms with Crippen LogP contribution in [0.4, 0.5) is 4.79 Å². The standard InChI is InChI=1S/C21H17IN2O6S/c1-2-29-15-9-12(10-16-19(26)24(11-17(23)25)21(28)31-16)8-14(22)18(15)30-20(27)13-6-4-3-5-7-13/h3-10H,2,11H2,1H3,(H2,23,25)/b16-10-. The van der Waals surface area contributed by atoms with E-state index in [0.717, 1.165) is 16.7 Å². The summed E-state index contributed by atoms with van der Waals surface area (Å²) in [6.45, 7) is 1.64. The van der Waals surface area contributed by atoms with Crippen LogP contribution in [0.1, 0.15) is 22.8 Å². The molecule has 0 bridgehead atoms. The number of ether oxygens (including phenoxy) is 2. The summed E-state index contributed by atoms with van der Waals surface area (Å²) in [6.07, 6.45) is 1.51. The van der Waals surface area contributed by atoms with Gasteiger partial charge in [0, 0.05) is 0 Å². The Labute approximate surface area is 195 Å². The van der Waals surface area contributed by atoms with E-state index in [9.17, 15) is 19.2 Å². The van der Waals surface area contributed by atoms with Crippen molar-refractivity contribution in [2.24, 2.45) is 5.73 Å². The molecule has 0 radical (unpaired) electrons. The third-order valence-electron chi connectivity index (χ3n) is 4.02. The van der Waals surface area contributed by atoms with E-state index in [0.29, 0.717) is 27.1 Å². The van der Waals surface area contributed by atoms with Crippen LogP contribution in [0, 0.1) is 3.57 Å². The Bertz CT molecular complexity index is 1090. The predicted molar refractivity (Wildman–Crippen MR) is 124 cm³/mol. The highest BCUT2D eigenvalue weighted by Crippen LogP contribution is 2.37. The van der Waals surface area contributed by atoms with Crippen molar-refractivity contribution in [3.63, 3.8) is 0 Å². The first-order valence-corrected chi connectivity index (χ1v) is 11.0. The normalized spacial score (nSPS) is 14.8. The molecule has 1 saturated heterocycles. The van der Waals surface area contributed by atoms with Gasteiger partial charge in [0.25, 0.3) is 11.1 Å². The Morgan fingerprint density at radius 2 is 1.90 bits per heavy atom. The first-order valence-electron chi connectivity index (χ1n) is 9.07. The molecule has 8 nitrogen and oxygen atoms in total. The van der Waals surface area contributed by atoms with Gasteiger partial charge in [0.2, 0.25) is 5.91 Å². The lowest BCUT2D eigenvalue weighted by molar-refractivity contribution is -0.127. The Kier molecular flexibility index (Phi) is 7.33. The van der Waals surface area contributed by atoms with Crippen molar-refractivity contribution in [2.45, 2.75) is 6.92 Å². The number of carbonyl (C=O) groups excluding carboxylic acids is 4. The van der Waals surface area contributed by atoms with Crippen LogP contribution in [0.5, 0.6) is 11.5 Å². The van der Waals surface area contributed by atoms with Crippen molar-refractivity contribution >= 4 is 63.5 Å². The second kappa shape index (κ2) is 9.96. The molecule has 1 fully saturated rings. The zero-order valence-electron chi connectivity index (χ0n) is 16.3. The summed E-state index contributed by atoms with van der Waals surface area (Å²) in [5.41, 5.74) is 6.06. The number of halogens is 1. The molecular weight excluding hydrogens is 535 g/mol. The average Bonchev–Trinajstić information content (AvgIpc) is 2.98.